The van der Waals surface area contributed by atoms with Crippen LogP contribution in [0.25, 0.3) is 16.9 Å². The maximum Gasteiger partial charge on any atom is 0.346 e. The molecule has 4 rings (SSSR count). The van der Waals surface area contributed by atoms with Crippen LogP contribution in [-0.2, 0) is 15.9 Å². The van der Waals surface area contributed by atoms with Gasteiger partial charge in [-0.1, -0.05) is 12.1 Å². The second-order valence-corrected chi connectivity index (χ2v) is 7.74. The summed E-state index contributed by atoms with van der Waals surface area (Å²) in [5.41, 5.74) is 1.80. The third-order valence-corrected chi connectivity index (χ3v) is 5.30. The fourth-order valence-corrected chi connectivity index (χ4v) is 3.69. The van der Waals surface area contributed by atoms with Gasteiger partial charge in [0.15, 0.2) is 5.82 Å². The Hall–Kier alpha value is -2.30. The maximum absolute atomic E-state index is 13.8. The molecule has 1 aliphatic heterocycles. The summed E-state index contributed by atoms with van der Waals surface area (Å²) < 4.78 is 46.4. The number of halogens is 2. The van der Waals surface area contributed by atoms with Crippen molar-refractivity contribution in [2.75, 3.05) is 37.5 Å². The largest absolute Gasteiger partial charge is 0.609 e. The summed E-state index contributed by atoms with van der Waals surface area (Å²) in [5, 5.41) is 0.0914. The van der Waals surface area contributed by atoms with Gasteiger partial charge in [0.2, 0.25) is 0 Å². The topological polar surface area (TPSA) is 79.1 Å². The molecule has 3 aromatic rings. The molecule has 148 valence electrons. The molecule has 0 aliphatic carbocycles. The SMILES string of the molecule is Cc1cccc2c1nc(C(F)F)n2-c1cc(N2CCOCC2)nc([S+](C)[O-])n1. The minimum Gasteiger partial charge on any atom is -0.609 e. The third kappa shape index (κ3) is 3.43. The highest BCUT2D eigenvalue weighted by molar-refractivity contribution is 7.90. The number of hydrogen-bond acceptors (Lipinski definition) is 6. The zero-order chi connectivity index (χ0) is 19.8. The lowest BCUT2D eigenvalue weighted by molar-refractivity contribution is 0.122. The van der Waals surface area contributed by atoms with E-state index in [1.165, 1.54) is 10.8 Å². The number of aryl methyl sites for hydroxylation is 1. The standard InChI is InChI=1S/C18H19F2N5O2S/c1-11-4-3-5-12-15(11)23-17(16(19)20)25(12)14-10-13(21-18(22-14)28(2)26)24-6-8-27-9-7-24/h3-5,10,16H,6-9H2,1-2H3. The molecule has 1 fully saturated rings. The van der Waals surface area contributed by atoms with Gasteiger partial charge in [-0.3, -0.25) is 4.57 Å². The van der Waals surface area contributed by atoms with E-state index in [0.29, 0.717) is 43.2 Å². The van der Waals surface area contributed by atoms with E-state index in [0.717, 1.165) is 5.56 Å². The third-order valence-electron chi connectivity index (χ3n) is 4.61. The number of alkyl halides is 2. The van der Waals surface area contributed by atoms with Gasteiger partial charge in [0.1, 0.15) is 17.9 Å². The molecule has 10 heteroatoms. The van der Waals surface area contributed by atoms with E-state index >= 15 is 0 Å². The molecule has 3 heterocycles. The maximum atomic E-state index is 13.8. The van der Waals surface area contributed by atoms with Crippen molar-refractivity contribution in [2.24, 2.45) is 0 Å². The van der Waals surface area contributed by atoms with Crippen molar-refractivity contribution >= 4 is 28.0 Å². The van der Waals surface area contributed by atoms with Gasteiger partial charge in [-0.2, -0.15) is 9.97 Å². The van der Waals surface area contributed by atoms with Gasteiger partial charge in [-0.15, -0.1) is 0 Å². The molecule has 28 heavy (non-hydrogen) atoms. The Morgan fingerprint density at radius 2 is 1.86 bits per heavy atom. The Balaban J connectivity index is 1.94. The van der Waals surface area contributed by atoms with Gasteiger partial charge in [0.25, 0.3) is 6.43 Å². The Morgan fingerprint density at radius 1 is 1.14 bits per heavy atom. The summed E-state index contributed by atoms with van der Waals surface area (Å²) in [6, 6.07) is 6.96. The Morgan fingerprint density at radius 3 is 2.54 bits per heavy atom. The molecule has 1 unspecified atom stereocenters. The summed E-state index contributed by atoms with van der Waals surface area (Å²) in [6.45, 7) is 4.12. The monoisotopic (exact) mass is 407 g/mol. The lowest BCUT2D eigenvalue weighted by Crippen LogP contribution is -2.37. The quantitative estimate of drug-likeness (QED) is 0.489. The van der Waals surface area contributed by atoms with Crippen LogP contribution in [0.2, 0.25) is 0 Å². The number of para-hydroxylation sites is 1. The molecule has 1 saturated heterocycles. The van der Waals surface area contributed by atoms with E-state index in [-0.39, 0.29) is 11.0 Å². The first-order valence-corrected chi connectivity index (χ1v) is 10.3. The Bertz CT molecular complexity index is 1010. The fourth-order valence-electron chi connectivity index (χ4n) is 3.24. The molecule has 1 aliphatic rings. The average molecular weight is 407 g/mol. The van der Waals surface area contributed by atoms with Crippen LogP contribution in [0, 0.1) is 6.92 Å². The molecule has 2 aromatic heterocycles. The van der Waals surface area contributed by atoms with E-state index in [2.05, 4.69) is 15.0 Å². The van der Waals surface area contributed by atoms with Gasteiger partial charge in [0, 0.05) is 30.3 Å². The smallest absolute Gasteiger partial charge is 0.346 e. The van der Waals surface area contributed by atoms with Crippen LogP contribution in [0.1, 0.15) is 17.8 Å². The molecular weight excluding hydrogens is 388 g/mol. The molecule has 0 N–H and O–H groups in total. The van der Waals surface area contributed by atoms with Crippen LogP contribution in [0.4, 0.5) is 14.6 Å². The first-order chi connectivity index (χ1) is 13.5. The van der Waals surface area contributed by atoms with Crippen LogP contribution in [0.3, 0.4) is 0 Å². The lowest BCUT2D eigenvalue weighted by Gasteiger charge is -2.28. The molecule has 1 aromatic carbocycles. The van der Waals surface area contributed by atoms with E-state index < -0.39 is 23.4 Å². The van der Waals surface area contributed by atoms with Crippen molar-refractivity contribution in [3.05, 3.63) is 35.7 Å². The van der Waals surface area contributed by atoms with Crippen LogP contribution in [0.15, 0.2) is 29.4 Å². The predicted molar refractivity (Wildman–Crippen MR) is 102 cm³/mol. The van der Waals surface area contributed by atoms with Crippen LogP contribution < -0.4 is 4.90 Å². The first kappa shape index (κ1) is 19.0. The minimum atomic E-state index is -2.79. The molecule has 0 bridgehead atoms. The van der Waals surface area contributed by atoms with Gasteiger partial charge < -0.3 is 14.2 Å². The predicted octanol–water partition coefficient (Wildman–Crippen LogP) is 2.64. The molecular formula is C18H19F2N5O2S. The molecule has 0 spiro atoms. The number of rotatable bonds is 4. The average Bonchev–Trinajstić information content (AvgIpc) is 3.10. The first-order valence-electron chi connectivity index (χ1n) is 8.77. The number of ether oxygens (including phenoxy) is 1. The normalized spacial score (nSPS) is 16.1. The van der Waals surface area contributed by atoms with Crippen LogP contribution in [0.5, 0.6) is 0 Å². The van der Waals surface area contributed by atoms with Crippen molar-refractivity contribution in [3.8, 4) is 5.82 Å². The Kier molecular flexibility index (Phi) is 5.17. The fraction of sp³-hybridized carbons (Fsp3) is 0.389. The lowest BCUT2D eigenvalue weighted by atomic mass is 10.2. The second-order valence-electron chi connectivity index (χ2n) is 6.47. The number of nitrogens with zero attached hydrogens (tertiary/aromatic N) is 5. The van der Waals surface area contributed by atoms with Crippen molar-refractivity contribution in [1.29, 1.82) is 0 Å². The van der Waals surface area contributed by atoms with E-state index in [1.54, 1.807) is 18.2 Å². The minimum absolute atomic E-state index is 0.0914. The molecule has 0 amide bonds. The zero-order valence-electron chi connectivity index (χ0n) is 15.4. The van der Waals surface area contributed by atoms with E-state index in [1.807, 2.05) is 17.9 Å². The number of aromatic nitrogens is 4. The number of imidazole rings is 1. The summed E-state index contributed by atoms with van der Waals surface area (Å²) >= 11 is -1.47. The Labute approximate surface area is 163 Å². The van der Waals surface area contributed by atoms with Gasteiger partial charge >= 0.3 is 5.16 Å². The van der Waals surface area contributed by atoms with E-state index in [4.69, 9.17) is 4.74 Å². The van der Waals surface area contributed by atoms with Gasteiger partial charge in [-0.05, 0) is 18.6 Å². The van der Waals surface area contributed by atoms with Crippen LogP contribution >= 0.6 is 0 Å². The highest BCUT2D eigenvalue weighted by Crippen LogP contribution is 2.30. The number of hydrogen-bond donors (Lipinski definition) is 0. The van der Waals surface area contributed by atoms with Crippen molar-refractivity contribution < 1.29 is 18.1 Å². The van der Waals surface area contributed by atoms with Gasteiger partial charge in [0.05, 0.1) is 24.2 Å². The zero-order valence-corrected chi connectivity index (χ0v) is 16.2. The highest BCUT2D eigenvalue weighted by atomic mass is 32.2. The van der Waals surface area contributed by atoms with Crippen LogP contribution in [-0.4, -0.2) is 56.6 Å². The second kappa shape index (κ2) is 7.61. The highest BCUT2D eigenvalue weighted by Gasteiger charge is 2.25. The van der Waals surface area contributed by atoms with Crippen molar-refractivity contribution in [2.45, 2.75) is 18.5 Å². The number of anilines is 1. The number of fused-ring (bicyclic) bond motifs is 1. The summed E-state index contributed by atoms with van der Waals surface area (Å²) in [6.07, 6.45) is -1.32. The summed E-state index contributed by atoms with van der Waals surface area (Å²) in [5.74, 6) is 0.363. The summed E-state index contributed by atoms with van der Waals surface area (Å²) in [4.78, 5) is 14.8. The molecule has 1 atom stereocenters. The van der Waals surface area contributed by atoms with Crippen molar-refractivity contribution in [1.82, 2.24) is 19.5 Å². The molecule has 0 radical (unpaired) electrons. The van der Waals surface area contributed by atoms with Crippen molar-refractivity contribution in [3.63, 3.8) is 0 Å². The summed E-state index contributed by atoms with van der Waals surface area (Å²) in [7, 11) is 0. The molecule has 0 saturated carbocycles. The number of benzene rings is 1. The number of morpholine rings is 1. The molecule has 7 nitrogen and oxygen atoms in total. The van der Waals surface area contributed by atoms with E-state index in [9.17, 15) is 13.3 Å². The van der Waals surface area contributed by atoms with Gasteiger partial charge in [-0.25, -0.2) is 13.8 Å².